The van der Waals surface area contributed by atoms with Gasteiger partial charge in [0.05, 0.1) is 0 Å². The lowest BCUT2D eigenvalue weighted by atomic mass is 10.1. The van der Waals surface area contributed by atoms with Crippen LogP contribution in [0.25, 0.3) is 0 Å². The molecule has 2 rings (SSSR count). The Hall–Kier alpha value is -1.36. The maximum Gasteiger partial charge on any atom is 0.228 e. The Balaban J connectivity index is 2.25. The SMILES string of the molecule is Cc1[nH]nc(N2CC(CN)CC2=O)c1C. The van der Waals surface area contributed by atoms with E-state index in [1.165, 1.54) is 0 Å². The smallest absolute Gasteiger partial charge is 0.228 e. The van der Waals surface area contributed by atoms with E-state index in [0.29, 0.717) is 19.5 Å². The van der Waals surface area contributed by atoms with Crippen molar-refractivity contribution in [1.82, 2.24) is 10.2 Å². The average molecular weight is 208 g/mol. The van der Waals surface area contributed by atoms with Crippen LogP contribution >= 0.6 is 0 Å². The molecule has 5 nitrogen and oxygen atoms in total. The number of nitrogens with two attached hydrogens (primary N) is 1. The van der Waals surface area contributed by atoms with Gasteiger partial charge in [-0.2, -0.15) is 5.10 Å². The molecular weight excluding hydrogens is 192 g/mol. The van der Waals surface area contributed by atoms with Crippen molar-refractivity contribution in [3.8, 4) is 0 Å². The number of nitrogens with zero attached hydrogens (tertiary/aromatic N) is 2. The third-order valence-corrected chi connectivity index (χ3v) is 3.02. The molecular formula is C10H16N4O. The fourth-order valence-corrected chi connectivity index (χ4v) is 1.88. The van der Waals surface area contributed by atoms with Crippen LogP contribution in [0.1, 0.15) is 17.7 Å². The molecule has 0 spiro atoms. The largest absolute Gasteiger partial charge is 0.330 e. The lowest BCUT2D eigenvalue weighted by molar-refractivity contribution is -0.117. The standard InChI is InChI=1S/C10H16N4O/c1-6-7(2)12-13-10(6)14-5-8(4-11)3-9(14)15/h8H,3-5,11H2,1-2H3,(H,12,13). The Morgan fingerprint density at radius 3 is 2.80 bits per heavy atom. The molecule has 1 aromatic rings. The first-order valence-corrected chi connectivity index (χ1v) is 5.15. The highest BCUT2D eigenvalue weighted by molar-refractivity contribution is 5.95. The van der Waals surface area contributed by atoms with Gasteiger partial charge in [-0.25, -0.2) is 0 Å². The summed E-state index contributed by atoms with van der Waals surface area (Å²) in [6.45, 7) is 5.18. The molecule has 1 saturated heterocycles. The minimum absolute atomic E-state index is 0.125. The van der Waals surface area contributed by atoms with Gasteiger partial charge in [0.2, 0.25) is 5.91 Å². The Bertz CT molecular complexity index is 385. The highest BCUT2D eigenvalue weighted by Gasteiger charge is 2.31. The summed E-state index contributed by atoms with van der Waals surface area (Å²) in [7, 11) is 0. The molecule has 0 bridgehead atoms. The van der Waals surface area contributed by atoms with Crippen molar-refractivity contribution in [3.63, 3.8) is 0 Å². The minimum atomic E-state index is 0.125. The van der Waals surface area contributed by atoms with Crippen LogP contribution < -0.4 is 10.6 Å². The van der Waals surface area contributed by atoms with Crippen LogP contribution in [0.4, 0.5) is 5.82 Å². The summed E-state index contributed by atoms with van der Waals surface area (Å²) in [6, 6.07) is 0. The predicted octanol–water partition coefficient (Wildman–Crippen LogP) is 0.338. The van der Waals surface area contributed by atoms with Crippen molar-refractivity contribution in [2.75, 3.05) is 18.0 Å². The third-order valence-electron chi connectivity index (χ3n) is 3.02. The summed E-state index contributed by atoms with van der Waals surface area (Å²) in [5.41, 5.74) is 7.62. The van der Waals surface area contributed by atoms with E-state index in [1.54, 1.807) is 4.90 Å². The summed E-state index contributed by atoms with van der Waals surface area (Å²) >= 11 is 0. The number of aryl methyl sites for hydroxylation is 1. The number of hydrogen-bond donors (Lipinski definition) is 2. The minimum Gasteiger partial charge on any atom is -0.330 e. The summed E-state index contributed by atoms with van der Waals surface area (Å²) in [5.74, 6) is 1.16. The van der Waals surface area contributed by atoms with Gasteiger partial charge in [0.1, 0.15) is 0 Å². The second-order valence-corrected chi connectivity index (χ2v) is 4.11. The van der Waals surface area contributed by atoms with E-state index in [0.717, 1.165) is 17.1 Å². The van der Waals surface area contributed by atoms with E-state index in [1.807, 2.05) is 13.8 Å². The lowest BCUT2D eigenvalue weighted by Crippen LogP contribution is -2.26. The van der Waals surface area contributed by atoms with Gasteiger partial charge in [-0.15, -0.1) is 0 Å². The Labute approximate surface area is 88.6 Å². The van der Waals surface area contributed by atoms with Gasteiger partial charge in [-0.3, -0.25) is 14.8 Å². The van der Waals surface area contributed by atoms with E-state index in [4.69, 9.17) is 5.73 Å². The molecule has 1 aromatic heterocycles. The molecule has 82 valence electrons. The van der Waals surface area contributed by atoms with Gasteiger partial charge in [0, 0.05) is 24.2 Å². The number of aromatic nitrogens is 2. The van der Waals surface area contributed by atoms with Crippen LogP contribution in [-0.2, 0) is 4.79 Å². The van der Waals surface area contributed by atoms with Crippen LogP contribution in [0.3, 0.4) is 0 Å². The fourth-order valence-electron chi connectivity index (χ4n) is 1.88. The first-order valence-electron chi connectivity index (χ1n) is 5.15. The molecule has 0 radical (unpaired) electrons. The molecule has 2 heterocycles. The van der Waals surface area contributed by atoms with Crippen molar-refractivity contribution < 1.29 is 4.79 Å². The molecule has 15 heavy (non-hydrogen) atoms. The van der Waals surface area contributed by atoms with E-state index < -0.39 is 0 Å². The Kier molecular flexibility index (Phi) is 2.48. The molecule has 1 fully saturated rings. The second kappa shape index (κ2) is 3.66. The number of H-pyrrole nitrogens is 1. The molecule has 1 atom stereocenters. The van der Waals surface area contributed by atoms with Gasteiger partial charge in [-0.05, 0) is 26.3 Å². The molecule has 3 N–H and O–H groups in total. The number of aromatic amines is 1. The number of amides is 1. The summed E-state index contributed by atoms with van der Waals surface area (Å²) < 4.78 is 0. The molecule has 1 aliphatic heterocycles. The Morgan fingerprint density at radius 1 is 1.60 bits per heavy atom. The first-order chi connectivity index (χ1) is 7.13. The Morgan fingerprint density at radius 2 is 2.33 bits per heavy atom. The number of rotatable bonds is 2. The number of carbonyl (C=O) groups is 1. The molecule has 1 aliphatic rings. The molecule has 5 heteroatoms. The third kappa shape index (κ3) is 1.63. The topological polar surface area (TPSA) is 75.0 Å². The van der Waals surface area contributed by atoms with Gasteiger partial charge in [-0.1, -0.05) is 0 Å². The molecule has 0 aliphatic carbocycles. The normalized spacial score (nSPS) is 21.4. The fraction of sp³-hybridized carbons (Fsp3) is 0.600. The summed E-state index contributed by atoms with van der Waals surface area (Å²) in [5, 5.41) is 7.05. The van der Waals surface area contributed by atoms with Crippen molar-refractivity contribution in [2.45, 2.75) is 20.3 Å². The molecule has 0 saturated carbocycles. The monoisotopic (exact) mass is 208 g/mol. The van der Waals surface area contributed by atoms with E-state index in [9.17, 15) is 4.79 Å². The second-order valence-electron chi connectivity index (χ2n) is 4.11. The highest BCUT2D eigenvalue weighted by Crippen LogP contribution is 2.26. The number of carbonyl (C=O) groups excluding carboxylic acids is 1. The maximum atomic E-state index is 11.7. The van der Waals surface area contributed by atoms with Crippen molar-refractivity contribution in [3.05, 3.63) is 11.3 Å². The maximum absolute atomic E-state index is 11.7. The van der Waals surface area contributed by atoms with Crippen LogP contribution in [0.5, 0.6) is 0 Å². The van der Waals surface area contributed by atoms with Gasteiger partial charge in [0.15, 0.2) is 5.82 Å². The van der Waals surface area contributed by atoms with Crippen molar-refractivity contribution in [1.29, 1.82) is 0 Å². The zero-order valence-corrected chi connectivity index (χ0v) is 9.08. The summed E-state index contributed by atoms with van der Waals surface area (Å²) in [6.07, 6.45) is 0.543. The molecule has 1 amide bonds. The first kappa shape index (κ1) is 10.2. The lowest BCUT2D eigenvalue weighted by Gasteiger charge is -2.14. The van der Waals surface area contributed by atoms with E-state index in [2.05, 4.69) is 10.2 Å². The van der Waals surface area contributed by atoms with Crippen LogP contribution in [-0.4, -0.2) is 29.2 Å². The van der Waals surface area contributed by atoms with Crippen LogP contribution in [0, 0.1) is 19.8 Å². The van der Waals surface area contributed by atoms with Gasteiger partial charge in [0.25, 0.3) is 0 Å². The van der Waals surface area contributed by atoms with Crippen LogP contribution in [0.2, 0.25) is 0 Å². The summed E-state index contributed by atoms with van der Waals surface area (Å²) in [4.78, 5) is 13.5. The van der Waals surface area contributed by atoms with Crippen molar-refractivity contribution >= 4 is 11.7 Å². The molecule has 1 unspecified atom stereocenters. The van der Waals surface area contributed by atoms with E-state index >= 15 is 0 Å². The number of hydrogen-bond acceptors (Lipinski definition) is 3. The average Bonchev–Trinajstić information content (AvgIpc) is 2.73. The van der Waals surface area contributed by atoms with Gasteiger partial charge < -0.3 is 5.73 Å². The number of anilines is 1. The molecule has 0 aromatic carbocycles. The van der Waals surface area contributed by atoms with Crippen molar-refractivity contribution in [2.24, 2.45) is 11.7 Å². The van der Waals surface area contributed by atoms with E-state index in [-0.39, 0.29) is 11.8 Å². The zero-order chi connectivity index (χ0) is 11.0. The number of nitrogens with one attached hydrogen (secondary N) is 1. The van der Waals surface area contributed by atoms with Crippen LogP contribution in [0.15, 0.2) is 0 Å². The predicted molar refractivity (Wildman–Crippen MR) is 57.6 cm³/mol. The zero-order valence-electron chi connectivity index (χ0n) is 9.08. The quantitative estimate of drug-likeness (QED) is 0.735. The van der Waals surface area contributed by atoms with Gasteiger partial charge >= 0.3 is 0 Å². The highest BCUT2D eigenvalue weighted by atomic mass is 16.2.